The normalized spacial score (nSPS) is 12.2. The molecular formula is C17H21NO. The summed E-state index contributed by atoms with van der Waals surface area (Å²) in [6.45, 7) is 6.73. The Labute approximate surface area is 115 Å². The van der Waals surface area contributed by atoms with E-state index in [2.05, 4.69) is 38.1 Å². The molecule has 2 heteroatoms. The average molecular weight is 255 g/mol. The van der Waals surface area contributed by atoms with Gasteiger partial charge in [-0.3, -0.25) is 0 Å². The van der Waals surface area contributed by atoms with Gasteiger partial charge in [-0.1, -0.05) is 42.5 Å². The molecule has 0 spiro atoms. The quantitative estimate of drug-likeness (QED) is 0.899. The van der Waals surface area contributed by atoms with Crippen molar-refractivity contribution in [2.75, 3.05) is 0 Å². The third kappa shape index (κ3) is 3.36. The Bertz CT molecular complexity index is 523. The maximum absolute atomic E-state index is 5.95. The van der Waals surface area contributed by atoms with Gasteiger partial charge in [0.05, 0.1) is 0 Å². The lowest BCUT2D eigenvalue weighted by molar-refractivity contribution is 0.302. The molecule has 2 N–H and O–H groups in total. The van der Waals surface area contributed by atoms with Crippen LogP contribution in [0.5, 0.6) is 5.75 Å². The van der Waals surface area contributed by atoms with Crippen molar-refractivity contribution < 1.29 is 4.74 Å². The first kappa shape index (κ1) is 13.6. The molecule has 0 amide bonds. The zero-order chi connectivity index (χ0) is 13.8. The van der Waals surface area contributed by atoms with E-state index < -0.39 is 0 Å². The van der Waals surface area contributed by atoms with Crippen molar-refractivity contribution in [3.05, 3.63) is 64.7 Å². The summed E-state index contributed by atoms with van der Waals surface area (Å²) in [4.78, 5) is 0. The number of hydrogen-bond acceptors (Lipinski definition) is 2. The second-order valence-corrected chi connectivity index (χ2v) is 5.05. The first-order valence-corrected chi connectivity index (χ1v) is 6.61. The maximum Gasteiger partial charge on any atom is 0.125 e. The SMILES string of the molecule is Cc1cc([C@@H](C)N)cc(C)c1OCc1ccccc1. The minimum Gasteiger partial charge on any atom is -0.488 e. The molecule has 0 unspecified atom stereocenters. The molecular weight excluding hydrogens is 234 g/mol. The zero-order valence-electron chi connectivity index (χ0n) is 11.8. The van der Waals surface area contributed by atoms with E-state index in [0.29, 0.717) is 6.61 Å². The summed E-state index contributed by atoms with van der Waals surface area (Å²) in [5.41, 5.74) is 10.5. The standard InChI is InChI=1S/C17H21NO/c1-12-9-16(14(3)18)10-13(2)17(12)19-11-15-7-5-4-6-8-15/h4-10,14H,11,18H2,1-3H3/t14-/m1/s1. The lowest BCUT2D eigenvalue weighted by atomic mass is 10.0. The van der Waals surface area contributed by atoms with Crippen LogP contribution in [0.3, 0.4) is 0 Å². The van der Waals surface area contributed by atoms with Gasteiger partial charge in [-0.05, 0) is 43.0 Å². The van der Waals surface area contributed by atoms with Crippen molar-refractivity contribution in [3.63, 3.8) is 0 Å². The van der Waals surface area contributed by atoms with E-state index in [9.17, 15) is 0 Å². The lowest BCUT2D eigenvalue weighted by Gasteiger charge is -2.15. The van der Waals surface area contributed by atoms with Crippen molar-refractivity contribution in [1.82, 2.24) is 0 Å². The Kier molecular flexibility index (Phi) is 4.23. The highest BCUT2D eigenvalue weighted by Crippen LogP contribution is 2.27. The molecule has 2 aromatic rings. The second kappa shape index (κ2) is 5.89. The van der Waals surface area contributed by atoms with Crippen LogP contribution < -0.4 is 10.5 Å². The molecule has 19 heavy (non-hydrogen) atoms. The molecule has 0 aliphatic carbocycles. The Morgan fingerprint density at radius 3 is 2.16 bits per heavy atom. The highest BCUT2D eigenvalue weighted by molar-refractivity contribution is 5.44. The molecule has 100 valence electrons. The van der Waals surface area contributed by atoms with E-state index >= 15 is 0 Å². The predicted octanol–water partition coefficient (Wildman–Crippen LogP) is 3.90. The minimum absolute atomic E-state index is 0.0561. The van der Waals surface area contributed by atoms with Gasteiger partial charge in [-0.15, -0.1) is 0 Å². The van der Waals surface area contributed by atoms with Crippen LogP contribution in [0.1, 0.15) is 35.2 Å². The molecule has 0 aromatic heterocycles. The topological polar surface area (TPSA) is 35.2 Å². The number of ether oxygens (including phenoxy) is 1. The monoisotopic (exact) mass is 255 g/mol. The molecule has 2 aromatic carbocycles. The molecule has 0 bridgehead atoms. The summed E-state index contributed by atoms with van der Waals surface area (Å²) in [6, 6.07) is 14.5. The molecule has 0 saturated heterocycles. The summed E-state index contributed by atoms with van der Waals surface area (Å²) < 4.78 is 5.95. The fraction of sp³-hybridized carbons (Fsp3) is 0.294. The summed E-state index contributed by atoms with van der Waals surface area (Å²) >= 11 is 0. The maximum atomic E-state index is 5.95. The largest absolute Gasteiger partial charge is 0.488 e. The summed E-state index contributed by atoms with van der Waals surface area (Å²) in [5.74, 6) is 0.966. The third-order valence-corrected chi connectivity index (χ3v) is 3.23. The Balaban J connectivity index is 2.17. The van der Waals surface area contributed by atoms with Crippen molar-refractivity contribution >= 4 is 0 Å². The van der Waals surface area contributed by atoms with Crippen molar-refractivity contribution in [1.29, 1.82) is 0 Å². The van der Waals surface area contributed by atoms with Crippen LogP contribution in [0.4, 0.5) is 0 Å². The number of benzene rings is 2. The summed E-state index contributed by atoms with van der Waals surface area (Å²) in [7, 11) is 0. The van der Waals surface area contributed by atoms with E-state index in [0.717, 1.165) is 22.4 Å². The lowest BCUT2D eigenvalue weighted by Crippen LogP contribution is -2.07. The van der Waals surface area contributed by atoms with E-state index in [1.807, 2.05) is 25.1 Å². The first-order valence-electron chi connectivity index (χ1n) is 6.61. The van der Waals surface area contributed by atoms with Gasteiger partial charge in [0, 0.05) is 6.04 Å². The number of aryl methyl sites for hydroxylation is 2. The molecule has 2 nitrogen and oxygen atoms in total. The van der Waals surface area contributed by atoms with Gasteiger partial charge in [0.1, 0.15) is 12.4 Å². The first-order chi connectivity index (χ1) is 9.08. The molecule has 1 atom stereocenters. The van der Waals surface area contributed by atoms with Crippen LogP contribution in [0.25, 0.3) is 0 Å². The van der Waals surface area contributed by atoms with Crippen molar-refractivity contribution in [3.8, 4) is 5.75 Å². The second-order valence-electron chi connectivity index (χ2n) is 5.05. The smallest absolute Gasteiger partial charge is 0.125 e. The molecule has 0 heterocycles. The van der Waals surface area contributed by atoms with Gasteiger partial charge in [-0.2, -0.15) is 0 Å². The molecule has 0 saturated carbocycles. The third-order valence-electron chi connectivity index (χ3n) is 3.23. The van der Waals surface area contributed by atoms with Crippen LogP contribution in [-0.2, 0) is 6.61 Å². The fourth-order valence-electron chi connectivity index (χ4n) is 2.20. The Hall–Kier alpha value is -1.80. The number of nitrogens with two attached hydrogens (primary N) is 1. The van der Waals surface area contributed by atoms with Gasteiger partial charge in [0.15, 0.2) is 0 Å². The van der Waals surface area contributed by atoms with E-state index in [1.165, 1.54) is 5.56 Å². The van der Waals surface area contributed by atoms with Gasteiger partial charge in [-0.25, -0.2) is 0 Å². The molecule has 0 aliphatic heterocycles. The average Bonchev–Trinajstić information content (AvgIpc) is 2.38. The molecule has 0 fully saturated rings. The van der Waals surface area contributed by atoms with Crippen molar-refractivity contribution in [2.45, 2.75) is 33.4 Å². The van der Waals surface area contributed by atoms with Crippen LogP contribution in [0.15, 0.2) is 42.5 Å². The predicted molar refractivity (Wildman–Crippen MR) is 79.3 cm³/mol. The molecule has 0 radical (unpaired) electrons. The van der Waals surface area contributed by atoms with E-state index in [-0.39, 0.29) is 6.04 Å². The van der Waals surface area contributed by atoms with Gasteiger partial charge < -0.3 is 10.5 Å². The van der Waals surface area contributed by atoms with Crippen LogP contribution in [0.2, 0.25) is 0 Å². The number of hydrogen-bond donors (Lipinski definition) is 1. The Morgan fingerprint density at radius 2 is 1.63 bits per heavy atom. The van der Waals surface area contributed by atoms with Gasteiger partial charge >= 0.3 is 0 Å². The molecule has 2 rings (SSSR count). The minimum atomic E-state index is 0.0561. The highest BCUT2D eigenvalue weighted by Gasteiger charge is 2.09. The number of rotatable bonds is 4. The van der Waals surface area contributed by atoms with Crippen LogP contribution in [0, 0.1) is 13.8 Å². The summed E-state index contributed by atoms with van der Waals surface area (Å²) in [6.07, 6.45) is 0. The molecule has 0 aliphatic rings. The van der Waals surface area contributed by atoms with Crippen LogP contribution in [-0.4, -0.2) is 0 Å². The highest BCUT2D eigenvalue weighted by atomic mass is 16.5. The van der Waals surface area contributed by atoms with Gasteiger partial charge in [0.2, 0.25) is 0 Å². The zero-order valence-corrected chi connectivity index (χ0v) is 11.8. The van der Waals surface area contributed by atoms with E-state index in [4.69, 9.17) is 10.5 Å². The van der Waals surface area contributed by atoms with Gasteiger partial charge in [0.25, 0.3) is 0 Å². The summed E-state index contributed by atoms with van der Waals surface area (Å²) in [5, 5.41) is 0. The van der Waals surface area contributed by atoms with Crippen molar-refractivity contribution in [2.24, 2.45) is 5.73 Å². The van der Waals surface area contributed by atoms with Crippen LogP contribution >= 0.6 is 0 Å². The Morgan fingerprint density at radius 1 is 1.05 bits per heavy atom. The van der Waals surface area contributed by atoms with E-state index in [1.54, 1.807) is 0 Å². The fourth-order valence-corrected chi connectivity index (χ4v) is 2.20.